The number of halogens is 3. The summed E-state index contributed by atoms with van der Waals surface area (Å²) in [7, 11) is 1.66. The maximum atomic E-state index is 13.3. The van der Waals surface area contributed by atoms with Gasteiger partial charge in [-0.1, -0.05) is 24.3 Å². The van der Waals surface area contributed by atoms with Crippen molar-refractivity contribution in [2.24, 2.45) is 0 Å². The number of hydrogen-bond acceptors (Lipinski definition) is 5. The molecular formula is C30H31F3N2O4. The molecule has 9 heteroatoms. The van der Waals surface area contributed by atoms with Crippen molar-refractivity contribution in [3.8, 4) is 11.5 Å². The van der Waals surface area contributed by atoms with Crippen molar-refractivity contribution >= 4 is 12.0 Å². The molecule has 2 fully saturated rings. The topological polar surface area (TPSA) is 73.2 Å². The number of hydrogen-bond donors (Lipinski definition) is 2. The van der Waals surface area contributed by atoms with Crippen LogP contribution in [-0.4, -0.2) is 69.8 Å². The van der Waals surface area contributed by atoms with Crippen LogP contribution in [0.15, 0.2) is 55.1 Å². The standard InChI is InChI=1S/C30H31F3N2O4/c1-3-14-35-15-13-28-25-19-8-9-22(36)26(25)39-27(28)21(11-12-29(28,38)23(35)17-19)34(2)24(37)10-7-18-5-4-6-20(16-18)30(31,32)33/h3-10,16,21,23,27,36,38H,1,11-15,17H2,2H3/t21-,23-,27+,28+,29-/m1/s1. The first-order valence-corrected chi connectivity index (χ1v) is 13.2. The highest BCUT2D eigenvalue weighted by molar-refractivity contribution is 5.92. The van der Waals surface area contributed by atoms with Crippen LogP contribution in [0.2, 0.25) is 0 Å². The third-order valence-electron chi connectivity index (χ3n) is 9.38. The summed E-state index contributed by atoms with van der Waals surface area (Å²) in [5.41, 5.74) is -0.522. The van der Waals surface area contributed by atoms with Crippen LogP contribution in [0.4, 0.5) is 13.2 Å². The second-order valence-electron chi connectivity index (χ2n) is 11.1. The fourth-order valence-corrected chi connectivity index (χ4v) is 7.65. The fraction of sp³-hybridized carbons (Fsp3) is 0.433. The number of likely N-dealkylation sites (tertiary alicyclic amines) is 1. The van der Waals surface area contributed by atoms with E-state index in [4.69, 9.17) is 4.74 Å². The molecule has 2 aliphatic heterocycles. The predicted molar refractivity (Wildman–Crippen MR) is 139 cm³/mol. The number of rotatable bonds is 5. The van der Waals surface area contributed by atoms with Gasteiger partial charge in [-0.3, -0.25) is 9.69 Å². The van der Waals surface area contributed by atoms with Crippen molar-refractivity contribution in [2.45, 2.75) is 61.1 Å². The van der Waals surface area contributed by atoms with E-state index in [2.05, 4.69) is 11.5 Å². The Bertz CT molecular complexity index is 1370. The average Bonchev–Trinajstić information content (AvgIpc) is 3.25. The Hall–Kier alpha value is -3.30. The quantitative estimate of drug-likeness (QED) is 0.437. The lowest BCUT2D eigenvalue weighted by atomic mass is 9.48. The molecule has 2 N–H and O–H groups in total. The van der Waals surface area contributed by atoms with E-state index in [1.807, 2.05) is 12.1 Å². The molecule has 2 heterocycles. The lowest BCUT2D eigenvalue weighted by molar-refractivity contribution is -0.198. The van der Waals surface area contributed by atoms with E-state index in [0.29, 0.717) is 44.5 Å². The summed E-state index contributed by atoms with van der Waals surface area (Å²) >= 11 is 0. The third kappa shape index (κ3) is 3.66. The Labute approximate surface area is 225 Å². The minimum Gasteiger partial charge on any atom is -0.504 e. The van der Waals surface area contributed by atoms with Crippen LogP contribution in [0.1, 0.15) is 41.5 Å². The molecule has 0 radical (unpaired) electrons. The van der Waals surface area contributed by atoms with Gasteiger partial charge < -0.3 is 19.8 Å². The number of amides is 1. The van der Waals surface area contributed by atoms with Crippen LogP contribution in [-0.2, 0) is 22.8 Å². The van der Waals surface area contributed by atoms with E-state index in [1.54, 1.807) is 18.0 Å². The van der Waals surface area contributed by atoms with E-state index in [-0.39, 0.29) is 23.3 Å². The van der Waals surface area contributed by atoms with Crippen LogP contribution in [0, 0.1) is 0 Å². The highest BCUT2D eigenvalue weighted by Crippen LogP contribution is 2.65. The van der Waals surface area contributed by atoms with Crippen LogP contribution in [0.5, 0.6) is 11.5 Å². The molecule has 2 aromatic rings. The summed E-state index contributed by atoms with van der Waals surface area (Å²) in [4.78, 5) is 17.1. The average molecular weight is 541 g/mol. The van der Waals surface area contributed by atoms with Gasteiger partial charge in [-0.25, -0.2) is 0 Å². The maximum absolute atomic E-state index is 13.3. The number of piperidine rings is 1. The van der Waals surface area contributed by atoms with Gasteiger partial charge in [0.15, 0.2) is 11.5 Å². The van der Waals surface area contributed by atoms with E-state index in [1.165, 1.54) is 24.3 Å². The molecule has 2 aliphatic carbocycles. The number of nitrogens with zero attached hydrogens (tertiary/aromatic N) is 2. The van der Waals surface area contributed by atoms with Gasteiger partial charge in [-0.2, -0.15) is 13.2 Å². The van der Waals surface area contributed by atoms with Gasteiger partial charge in [0.25, 0.3) is 0 Å². The monoisotopic (exact) mass is 540 g/mol. The van der Waals surface area contributed by atoms with Gasteiger partial charge in [-0.15, -0.1) is 6.58 Å². The van der Waals surface area contributed by atoms with Crippen molar-refractivity contribution in [1.29, 1.82) is 0 Å². The summed E-state index contributed by atoms with van der Waals surface area (Å²) in [5, 5.41) is 23.2. The first kappa shape index (κ1) is 26.0. The van der Waals surface area contributed by atoms with Crippen LogP contribution >= 0.6 is 0 Å². The van der Waals surface area contributed by atoms with Crippen molar-refractivity contribution in [2.75, 3.05) is 20.1 Å². The zero-order valence-electron chi connectivity index (χ0n) is 21.6. The Morgan fingerprint density at radius 2 is 2.08 bits per heavy atom. The van der Waals surface area contributed by atoms with E-state index < -0.39 is 34.9 Å². The molecule has 1 saturated heterocycles. The Balaban J connectivity index is 1.34. The number of carbonyl (C=O) groups excluding carboxylic acids is 1. The summed E-state index contributed by atoms with van der Waals surface area (Å²) in [6.45, 7) is 5.26. The number of phenols is 1. The zero-order chi connectivity index (χ0) is 27.7. The molecule has 39 heavy (non-hydrogen) atoms. The summed E-state index contributed by atoms with van der Waals surface area (Å²) < 4.78 is 45.8. The molecule has 5 atom stereocenters. The lowest BCUT2D eigenvalue weighted by Crippen LogP contribution is -2.78. The number of aromatic hydroxyl groups is 1. The number of phenolic OH excluding ortho intramolecular Hbond substituents is 1. The SMILES string of the molecule is C=CCN1CC[C@]23c4c5ccc(O)c4O[C@H]2[C@H](N(C)C(=O)C=Cc2cccc(C(F)(F)F)c2)CC[C@@]3(O)[C@H]1C5. The van der Waals surface area contributed by atoms with Crippen LogP contribution in [0.25, 0.3) is 6.08 Å². The summed E-state index contributed by atoms with van der Waals surface area (Å²) in [6.07, 6.45) is 1.59. The first-order valence-electron chi connectivity index (χ1n) is 13.2. The summed E-state index contributed by atoms with van der Waals surface area (Å²) in [5.74, 6) is 0.0301. The molecular weight excluding hydrogens is 509 g/mol. The lowest BCUT2D eigenvalue weighted by Gasteiger charge is -2.64. The molecule has 1 amide bonds. The maximum Gasteiger partial charge on any atom is 0.416 e. The number of ether oxygens (including phenoxy) is 1. The van der Waals surface area contributed by atoms with Gasteiger partial charge in [0.1, 0.15) is 6.10 Å². The van der Waals surface area contributed by atoms with E-state index in [9.17, 15) is 28.2 Å². The van der Waals surface area contributed by atoms with Crippen LogP contribution < -0.4 is 4.74 Å². The molecule has 0 unspecified atom stereocenters. The number of aliphatic hydroxyl groups is 1. The van der Waals surface area contributed by atoms with E-state index >= 15 is 0 Å². The molecule has 1 saturated carbocycles. The van der Waals surface area contributed by atoms with Crippen molar-refractivity contribution < 1.29 is 32.9 Å². The minimum absolute atomic E-state index is 0.0176. The fourth-order valence-electron chi connectivity index (χ4n) is 7.65. The zero-order valence-corrected chi connectivity index (χ0v) is 21.6. The van der Waals surface area contributed by atoms with Crippen molar-refractivity contribution in [1.82, 2.24) is 9.80 Å². The first-order chi connectivity index (χ1) is 18.5. The van der Waals surface area contributed by atoms with Gasteiger partial charge >= 0.3 is 6.18 Å². The highest BCUT2D eigenvalue weighted by Gasteiger charge is 2.73. The predicted octanol–water partition coefficient (Wildman–Crippen LogP) is 4.29. The Kier molecular flexibility index (Phi) is 5.89. The normalized spacial score (nSPS) is 31.1. The van der Waals surface area contributed by atoms with Gasteiger partial charge in [0, 0.05) is 31.3 Å². The van der Waals surface area contributed by atoms with Gasteiger partial charge in [0.05, 0.1) is 22.6 Å². The summed E-state index contributed by atoms with van der Waals surface area (Å²) in [6, 6.07) is 7.79. The number of alkyl halides is 3. The molecule has 2 aromatic carbocycles. The Morgan fingerprint density at radius 1 is 1.28 bits per heavy atom. The molecule has 6 nitrogen and oxygen atoms in total. The largest absolute Gasteiger partial charge is 0.504 e. The number of benzene rings is 2. The highest BCUT2D eigenvalue weighted by atomic mass is 19.4. The smallest absolute Gasteiger partial charge is 0.416 e. The minimum atomic E-state index is -4.47. The van der Waals surface area contributed by atoms with Crippen LogP contribution in [0.3, 0.4) is 0 Å². The molecule has 2 bridgehead atoms. The van der Waals surface area contributed by atoms with Gasteiger partial charge in [0.2, 0.25) is 5.91 Å². The second-order valence-corrected chi connectivity index (χ2v) is 11.1. The molecule has 6 rings (SSSR count). The molecule has 206 valence electrons. The van der Waals surface area contributed by atoms with Crippen molar-refractivity contribution in [3.63, 3.8) is 0 Å². The van der Waals surface area contributed by atoms with Crippen molar-refractivity contribution in [3.05, 3.63) is 77.4 Å². The van der Waals surface area contributed by atoms with E-state index in [0.717, 1.165) is 23.3 Å². The van der Waals surface area contributed by atoms with Gasteiger partial charge in [-0.05, 0) is 67.6 Å². The third-order valence-corrected chi connectivity index (χ3v) is 9.38. The molecule has 4 aliphatic rings. The Morgan fingerprint density at radius 3 is 2.82 bits per heavy atom. The number of likely N-dealkylation sites (N-methyl/N-ethyl adjacent to an activating group) is 1. The molecule has 0 aromatic heterocycles. The number of carbonyl (C=O) groups is 1. The second kappa shape index (κ2) is 8.86. The molecule has 1 spiro atoms.